The third kappa shape index (κ3) is 42.8. The van der Waals surface area contributed by atoms with Gasteiger partial charge in [0, 0.05) is 31.4 Å². The van der Waals surface area contributed by atoms with Gasteiger partial charge in [-0.05, 0) is 65.7 Å². The number of halogens is 1. The van der Waals surface area contributed by atoms with Crippen molar-refractivity contribution in [1.82, 2.24) is 0 Å². The summed E-state index contributed by atoms with van der Waals surface area (Å²) in [7, 11) is 0. The molecule has 0 spiro atoms. The van der Waals surface area contributed by atoms with E-state index in [4.69, 9.17) is 33.5 Å². The number of alkyl halides is 1. The summed E-state index contributed by atoms with van der Waals surface area (Å²) in [6.45, 7) is 17.2. The van der Waals surface area contributed by atoms with E-state index >= 15 is 0 Å². The topological polar surface area (TPSA) is 124 Å². The van der Waals surface area contributed by atoms with Crippen molar-refractivity contribution in [2.24, 2.45) is 0 Å². The maximum Gasteiger partial charge on any atom is 1.00 e. The van der Waals surface area contributed by atoms with Crippen LogP contribution in [0.3, 0.4) is 0 Å². The molecule has 2 aliphatic heterocycles. The maximum atomic E-state index is 9.97. The van der Waals surface area contributed by atoms with Gasteiger partial charge in [-0.1, -0.05) is 75.2 Å². The molecule has 270 valence electrons. The maximum absolute atomic E-state index is 9.97. The van der Waals surface area contributed by atoms with Crippen molar-refractivity contribution in [2.75, 3.05) is 45.0 Å². The van der Waals surface area contributed by atoms with Crippen LogP contribution in [0.5, 0.6) is 0 Å². The Bertz CT molecular complexity index is 550. The Balaban J connectivity index is -0.000000120. The molecule has 0 bridgehead atoms. The second-order valence-electron chi connectivity index (χ2n) is 11.3. The minimum Gasteiger partial charge on any atom is -1.00 e. The normalized spacial score (nSPS) is 16.4. The molecule has 9 nitrogen and oxygen atoms in total. The van der Waals surface area contributed by atoms with Gasteiger partial charge in [-0.3, -0.25) is 0 Å². The number of hydrogen-bond donors (Lipinski definition) is 1. The fourth-order valence-electron chi connectivity index (χ4n) is 4.03. The number of aliphatic hydroxyl groups excluding tert-OH is 1. The number of rotatable bonds is 22. The van der Waals surface area contributed by atoms with Crippen molar-refractivity contribution in [3.05, 3.63) is 0 Å². The van der Waals surface area contributed by atoms with Crippen LogP contribution in [0.25, 0.3) is 0 Å². The van der Waals surface area contributed by atoms with E-state index in [2.05, 4.69) is 50.5 Å². The van der Waals surface area contributed by atoms with Crippen LogP contribution in [0.2, 0.25) is 0 Å². The molecule has 45 heavy (non-hydrogen) atoms. The van der Waals surface area contributed by atoms with E-state index in [1.807, 2.05) is 6.92 Å². The first-order valence-electron chi connectivity index (χ1n) is 17.2. The molecule has 3 N–H and O–H groups in total. The van der Waals surface area contributed by atoms with E-state index in [9.17, 15) is 4.79 Å². The van der Waals surface area contributed by atoms with Crippen LogP contribution in [-0.2, 0) is 33.2 Å². The molecule has 0 aromatic rings. The predicted octanol–water partition coefficient (Wildman–Crippen LogP) is 4.79. The van der Waals surface area contributed by atoms with Gasteiger partial charge in [0.25, 0.3) is 0 Å². The minimum absolute atomic E-state index is 0. The van der Waals surface area contributed by atoms with E-state index in [1.54, 1.807) is 0 Å². The van der Waals surface area contributed by atoms with Gasteiger partial charge >= 0.3 is 31.0 Å². The number of unbranched alkanes of at least 4 members (excludes halogenated alkanes) is 4. The van der Waals surface area contributed by atoms with Gasteiger partial charge in [-0.15, -0.1) is 0 Å². The zero-order valence-corrected chi connectivity index (χ0v) is 33.8. The fourth-order valence-corrected chi connectivity index (χ4v) is 4.35. The van der Waals surface area contributed by atoms with E-state index < -0.39 is 0 Å². The second kappa shape index (κ2) is 42.9. The summed E-state index contributed by atoms with van der Waals surface area (Å²) in [5.74, 6) is 0. The molecule has 11 heteroatoms. The van der Waals surface area contributed by atoms with E-state index in [0.29, 0.717) is 18.6 Å². The number of ether oxygens (including phenoxy) is 6. The smallest absolute Gasteiger partial charge is 1.00 e. The van der Waals surface area contributed by atoms with Crippen molar-refractivity contribution < 1.29 is 76.2 Å². The summed E-state index contributed by atoms with van der Waals surface area (Å²) >= 11 is 3.35. The van der Waals surface area contributed by atoms with Gasteiger partial charge in [0.15, 0.2) is 12.6 Å². The summed E-state index contributed by atoms with van der Waals surface area (Å²) in [6, 6.07) is 0. The predicted molar refractivity (Wildman–Crippen MR) is 186 cm³/mol. The molecule has 2 saturated heterocycles. The first kappa shape index (κ1) is 52.6. The van der Waals surface area contributed by atoms with Crippen LogP contribution in [0.4, 0.5) is 0 Å². The van der Waals surface area contributed by atoms with Gasteiger partial charge in [0.2, 0.25) is 0 Å². The average molecular weight is 729 g/mol. The Kier molecular flexibility index (Phi) is 50.1. The van der Waals surface area contributed by atoms with Crippen LogP contribution >= 0.6 is 15.9 Å². The number of carbonyl (C=O) groups is 1. The van der Waals surface area contributed by atoms with Crippen LogP contribution in [0.1, 0.15) is 141 Å². The number of aldehydes is 1. The third-order valence-corrected chi connectivity index (χ3v) is 7.27. The van der Waals surface area contributed by atoms with Crippen molar-refractivity contribution >= 4 is 22.2 Å². The molecule has 0 saturated carbocycles. The molecule has 3 atom stereocenters. The molecule has 2 rings (SSSR count). The molecule has 2 aliphatic rings. The molecular formula is C34H73BrNaO9+. The third-order valence-electron chi connectivity index (χ3n) is 6.71. The van der Waals surface area contributed by atoms with Crippen molar-refractivity contribution in [2.45, 2.75) is 169 Å². The zero-order valence-electron chi connectivity index (χ0n) is 32.2. The molecule has 2 fully saturated rings. The quantitative estimate of drug-likeness (QED) is 0.0731. The SMILES string of the molecule is BrCCCC1OCCO1.CCCCC(C)O.CCCCC(C)OCCCC1OCCO1.CCCCC(C)OCCCC=O.O.[H+].[H-].[Na+]. The molecule has 2 heterocycles. The standard InChI is InChI=1S/C12H24O3.C10H20O2.C6H11BrO2.C6H14O.Na.H2O.H/c1-3-4-6-11(2)13-8-5-7-12-14-9-10-15-12;1-3-4-7-10(2)12-9-6-5-8-11;7-3-1-2-6-8-4-5-9-6;1-3-4-5-6(2)7;;;/h11-12H,3-10H2,1-2H3;8,10H,3-7,9H2,1-2H3;6H,1-5H2;6-7H,3-5H2,1-2H3;;1H2;/q;;;;+1;;-1/p+1. The second-order valence-corrected chi connectivity index (χ2v) is 12.1. The Hall–Kier alpha value is 0.830. The Labute approximate surface area is 310 Å². The van der Waals surface area contributed by atoms with Crippen molar-refractivity contribution in [3.8, 4) is 0 Å². The van der Waals surface area contributed by atoms with Gasteiger partial charge < -0.3 is 45.2 Å². The summed E-state index contributed by atoms with van der Waals surface area (Å²) < 4.78 is 32.3. The monoisotopic (exact) mass is 727 g/mol. The van der Waals surface area contributed by atoms with E-state index in [1.165, 1.54) is 38.5 Å². The van der Waals surface area contributed by atoms with Gasteiger partial charge in [-0.2, -0.15) is 0 Å². The Morgan fingerprint density at radius 2 is 1.16 bits per heavy atom. The van der Waals surface area contributed by atoms with Crippen molar-refractivity contribution in [3.63, 3.8) is 0 Å². The van der Waals surface area contributed by atoms with Crippen LogP contribution in [0, 0.1) is 0 Å². The van der Waals surface area contributed by atoms with Crippen LogP contribution in [-0.4, -0.2) is 92.7 Å². The number of carbonyl (C=O) groups excluding carboxylic acids is 1. The minimum atomic E-state index is -0.0973. The molecular weight excluding hydrogens is 655 g/mol. The number of aliphatic hydroxyl groups is 1. The van der Waals surface area contributed by atoms with E-state index in [-0.39, 0.29) is 56.6 Å². The summed E-state index contributed by atoms with van der Waals surface area (Å²) in [6.07, 6.45) is 17.9. The molecule has 0 aromatic heterocycles. The molecule has 0 radical (unpaired) electrons. The first-order valence-corrected chi connectivity index (χ1v) is 18.3. The largest absolute Gasteiger partial charge is 1.00 e. The molecule has 0 amide bonds. The van der Waals surface area contributed by atoms with Crippen LogP contribution in [0.15, 0.2) is 0 Å². The number of hydrogen-bond acceptors (Lipinski definition) is 8. The average Bonchev–Trinajstić information content (AvgIpc) is 3.73. The fraction of sp³-hybridized carbons (Fsp3) is 0.971. The van der Waals surface area contributed by atoms with E-state index in [0.717, 1.165) is 103 Å². The zero-order chi connectivity index (χ0) is 32.4. The van der Waals surface area contributed by atoms with Crippen LogP contribution < -0.4 is 29.6 Å². The van der Waals surface area contributed by atoms with Gasteiger partial charge in [0.1, 0.15) is 6.29 Å². The molecule has 0 aliphatic carbocycles. The first-order chi connectivity index (χ1) is 20.8. The molecule has 3 unspecified atom stereocenters. The molecule has 0 aromatic carbocycles. The Morgan fingerprint density at radius 1 is 0.756 bits per heavy atom. The summed E-state index contributed by atoms with van der Waals surface area (Å²) in [5.41, 5.74) is 0. The van der Waals surface area contributed by atoms with Gasteiger partial charge in [0.05, 0.1) is 44.7 Å². The van der Waals surface area contributed by atoms with Gasteiger partial charge in [-0.25, -0.2) is 0 Å². The van der Waals surface area contributed by atoms with Crippen molar-refractivity contribution in [1.29, 1.82) is 0 Å². The summed E-state index contributed by atoms with van der Waals surface area (Å²) in [5, 5.41) is 9.72. The summed E-state index contributed by atoms with van der Waals surface area (Å²) in [4.78, 5) is 9.97. The Morgan fingerprint density at radius 3 is 1.51 bits per heavy atom.